The Balaban J connectivity index is 1.32. The van der Waals surface area contributed by atoms with Gasteiger partial charge in [0.1, 0.15) is 18.0 Å². The number of hydrogen-bond donors (Lipinski definition) is 0. The van der Waals surface area contributed by atoms with Gasteiger partial charge in [-0.2, -0.15) is 0 Å². The standard InChI is InChI=1S/C23H28N4O2/c1-17-5-4-12-27-15-19(24-22(17)27)16-29-21-10-6-18(7-11-21)23(28)26(3)14-13-25(2)20-8-9-20/h4-7,10-12,15,20H,8-9,13-14,16H2,1-3H3. The molecule has 1 aliphatic carbocycles. The van der Waals surface area contributed by atoms with Crippen molar-refractivity contribution in [1.29, 1.82) is 0 Å². The van der Waals surface area contributed by atoms with Crippen LogP contribution in [0.2, 0.25) is 0 Å². The van der Waals surface area contributed by atoms with Crippen LogP contribution in [-0.4, -0.2) is 58.3 Å². The fourth-order valence-electron chi connectivity index (χ4n) is 3.45. The molecule has 1 aromatic carbocycles. The summed E-state index contributed by atoms with van der Waals surface area (Å²) in [7, 11) is 3.99. The number of imidazole rings is 1. The van der Waals surface area contributed by atoms with Gasteiger partial charge in [0.2, 0.25) is 0 Å². The maximum Gasteiger partial charge on any atom is 0.253 e. The number of ether oxygens (including phenoxy) is 1. The second-order valence-electron chi connectivity index (χ2n) is 7.91. The van der Waals surface area contributed by atoms with Crippen LogP contribution in [0.25, 0.3) is 5.65 Å². The van der Waals surface area contributed by atoms with Gasteiger partial charge in [-0.3, -0.25) is 4.79 Å². The van der Waals surface area contributed by atoms with E-state index < -0.39 is 0 Å². The number of hydrogen-bond acceptors (Lipinski definition) is 4. The van der Waals surface area contributed by atoms with Crippen molar-refractivity contribution in [3.63, 3.8) is 0 Å². The third kappa shape index (κ3) is 4.59. The topological polar surface area (TPSA) is 50.1 Å². The molecule has 0 N–H and O–H groups in total. The molecule has 6 nitrogen and oxygen atoms in total. The molecule has 6 heteroatoms. The summed E-state index contributed by atoms with van der Waals surface area (Å²) in [5.41, 5.74) is 3.63. The summed E-state index contributed by atoms with van der Waals surface area (Å²) in [5.74, 6) is 0.767. The number of aromatic nitrogens is 2. The number of benzene rings is 1. The Labute approximate surface area is 171 Å². The quantitative estimate of drug-likeness (QED) is 0.590. The second-order valence-corrected chi connectivity index (χ2v) is 7.91. The number of amides is 1. The van der Waals surface area contributed by atoms with E-state index in [1.165, 1.54) is 12.8 Å². The molecule has 1 saturated carbocycles. The first-order chi connectivity index (χ1) is 14.0. The summed E-state index contributed by atoms with van der Waals surface area (Å²) in [6.07, 6.45) is 6.53. The number of carbonyl (C=O) groups excluding carboxylic acids is 1. The summed E-state index contributed by atoms with van der Waals surface area (Å²) in [6, 6.07) is 12.1. The van der Waals surface area contributed by atoms with Crippen LogP contribution in [0.5, 0.6) is 5.75 Å². The van der Waals surface area contributed by atoms with Crippen LogP contribution in [0.15, 0.2) is 48.8 Å². The minimum Gasteiger partial charge on any atom is -0.487 e. The van der Waals surface area contributed by atoms with Gasteiger partial charge < -0.3 is 18.9 Å². The van der Waals surface area contributed by atoms with E-state index in [1.807, 2.05) is 67.2 Å². The molecule has 4 rings (SSSR count). The lowest BCUT2D eigenvalue weighted by Gasteiger charge is -2.22. The number of rotatable bonds is 8. The molecule has 0 unspecified atom stereocenters. The lowest BCUT2D eigenvalue weighted by Crippen LogP contribution is -2.35. The van der Waals surface area contributed by atoms with Crippen LogP contribution >= 0.6 is 0 Å². The summed E-state index contributed by atoms with van der Waals surface area (Å²) in [4.78, 5) is 21.4. The van der Waals surface area contributed by atoms with E-state index in [-0.39, 0.29) is 5.91 Å². The average molecular weight is 393 g/mol. The Morgan fingerprint density at radius 2 is 1.93 bits per heavy atom. The van der Waals surface area contributed by atoms with Gasteiger partial charge in [-0.25, -0.2) is 4.98 Å². The predicted molar refractivity (Wildman–Crippen MR) is 113 cm³/mol. The predicted octanol–water partition coefficient (Wildman–Crippen LogP) is 3.39. The molecule has 1 aliphatic rings. The van der Waals surface area contributed by atoms with Crippen LogP contribution in [0, 0.1) is 6.92 Å². The lowest BCUT2D eigenvalue weighted by molar-refractivity contribution is 0.0781. The first kappa shape index (κ1) is 19.5. The van der Waals surface area contributed by atoms with Crippen molar-refractivity contribution in [2.45, 2.75) is 32.4 Å². The third-order valence-corrected chi connectivity index (χ3v) is 5.52. The maximum absolute atomic E-state index is 12.6. The van der Waals surface area contributed by atoms with Gasteiger partial charge in [0.25, 0.3) is 5.91 Å². The number of carbonyl (C=O) groups is 1. The Hall–Kier alpha value is -2.86. The van der Waals surface area contributed by atoms with Gasteiger partial charge in [0.15, 0.2) is 0 Å². The molecule has 2 heterocycles. The summed E-state index contributed by atoms with van der Waals surface area (Å²) < 4.78 is 7.87. The molecule has 0 atom stereocenters. The maximum atomic E-state index is 12.6. The third-order valence-electron chi connectivity index (χ3n) is 5.52. The van der Waals surface area contributed by atoms with E-state index in [1.54, 1.807) is 4.90 Å². The van der Waals surface area contributed by atoms with Gasteiger partial charge in [0, 0.05) is 44.1 Å². The summed E-state index contributed by atoms with van der Waals surface area (Å²) in [6.45, 7) is 4.08. The highest BCUT2D eigenvalue weighted by Gasteiger charge is 2.26. The number of pyridine rings is 1. The minimum atomic E-state index is 0.0385. The zero-order valence-corrected chi connectivity index (χ0v) is 17.3. The molecule has 0 spiro atoms. The van der Waals surface area contributed by atoms with Crippen molar-refractivity contribution in [1.82, 2.24) is 19.2 Å². The largest absolute Gasteiger partial charge is 0.487 e. The SMILES string of the molecule is Cc1cccn2cc(COc3ccc(C(=O)N(C)CCN(C)C4CC4)cc3)nc12. The molecule has 1 amide bonds. The molecule has 3 aromatic rings. The fourth-order valence-corrected chi connectivity index (χ4v) is 3.45. The number of likely N-dealkylation sites (N-methyl/N-ethyl adjacent to an activating group) is 2. The van der Waals surface area contributed by atoms with Crippen LogP contribution in [0.3, 0.4) is 0 Å². The molecule has 0 aliphatic heterocycles. The highest BCUT2D eigenvalue weighted by atomic mass is 16.5. The van der Waals surface area contributed by atoms with Gasteiger partial charge in [-0.1, -0.05) is 6.07 Å². The minimum absolute atomic E-state index is 0.0385. The van der Waals surface area contributed by atoms with Crippen molar-refractivity contribution >= 4 is 11.6 Å². The summed E-state index contributed by atoms with van der Waals surface area (Å²) >= 11 is 0. The zero-order chi connectivity index (χ0) is 20.4. The molecule has 0 bridgehead atoms. The second kappa shape index (κ2) is 8.25. The van der Waals surface area contributed by atoms with Crippen molar-refractivity contribution in [2.24, 2.45) is 0 Å². The van der Waals surface area contributed by atoms with Crippen molar-refractivity contribution in [3.05, 3.63) is 65.6 Å². The van der Waals surface area contributed by atoms with E-state index >= 15 is 0 Å². The van der Waals surface area contributed by atoms with Crippen molar-refractivity contribution in [3.8, 4) is 5.75 Å². The fraction of sp³-hybridized carbons (Fsp3) is 0.391. The van der Waals surface area contributed by atoms with E-state index in [4.69, 9.17) is 4.74 Å². The lowest BCUT2D eigenvalue weighted by atomic mass is 10.2. The van der Waals surface area contributed by atoms with Gasteiger partial charge in [0.05, 0.1) is 5.69 Å². The van der Waals surface area contributed by atoms with Crippen LogP contribution in [0.4, 0.5) is 0 Å². The first-order valence-electron chi connectivity index (χ1n) is 10.1. The van der Waals surface area contributed by atoms with E-state index in [9.17, 15) is 4.79 Å². The molecular formula is C23H28N4O2. The van der Waals surface area contributed by atoms with Gasteiger partial charge in [-0.15, -0.1) is 0 Å². The monoisotopic (exact) mass is 392 g/mol. The number of aryl methyl sites for hydroxylation is 1. The molecule has 0 saturated heterocycles. The van der Waals surface area contributed by atoms with Crippen molar-refractivity contribution in [2.75, 3.05) is 27.2 Å². The normalized spacial score (nSPS) is 13.8. The highest BCUT2D eigenvalue weighted by Crippen LogP contribution is 2.25. The molecule has 2 aromatic heterocycles. The number of nitrogens with zero attached hydrogens (tertiary/aromatic N) is 4. The molecule has 0 radical (unpaired) electrons. The smallest absolute Gasteiger partial charge is 0.253 e. The van der Waals surface area contributed by atoms with Crippen LogP contribution in [0.1, 0.15) is 34.5 Å². The molecule has 29 heavy (non-hydrogen) atoms. The first-order valence-corrected chi connectivity index (χ1v) is 10.1. The van der Waals surface area contributed by atoms with Crippen LogP contribution < -0.4 is 4.74 Å². The van der Waals surface area contributed by atoms with Gasteiger partial charge in [-0.05, 0) is 62.7 Å². The molecule has 152 valence electrons. The average Bonchev–Trinajstić information content (AvgIpc) is 3.50. The van der Waals surface area contributed by atoms with Crippen molar-refractivity contribution < 1.29 is 9.53 Å². The zero-order valence-electron chi connectivity index (χ0n) is 17.3. The van der Waals surface area contributed by atoms with E-state index in [2.05, 4.69) is 16.9 Å². The van der Waals surface area contributed by atoms with Crippen LogP contribution in [-0.2, 0) is 6.61 Å². The Bertz CT molecular complexity index is 992. The Morgan fingerprint density at radius 3 is 2.62 bits per heavy atom. The summed E-state index contributed by atoms with van der Waals surface area (Å²) in [5, 5.41) is 0. The van der Waals surface area contributed by atoms with Gasteiger partial charge >= 0.3 is 0 Å². The Morgan fingerprint density at radius 1 is 1.17 bits per heavy atom. The molecule has 1 fully saturated rings. The van der Waals surface area contributed by atoms with E-state index in [0.717, 1.165) is 35.7 Å². The van der Waals surface area contributed by atoms with E-state index in [0.29, 0.717) is 18.2 Å². The highest BCUT2D eigenvalue weighted by molar-refractivity contribution is 5.94. The molecular weight excluding hydrogens is 364 g/mol. The number of fused-ring (bicyclic) bond motifs is 1. The Kier molecular flexibility index (Phi) is 5.53.